The lowest BCUT2D eigenvalue weighted by molar-refractivity contribution is -0.125. The molecule has 3 amide bonds. The molecule has 0 saturated carbocycles. The zero-order valence-corrected chi connectivity index (χ0v) is 20.8. The highest BCUT2D eigenvalue weighted by molar-refractivity contribution is 6.15. The van der Waals surface area contributed by atoms with Crippen molar-refractivity contribution in [3.63, 3.8) is 0 Å². The minimum atomic E-state index is -1.19. The average molecular weight is 514 g/mol. The van der Waals surface area contributed by atoms with Crippen LogP contribution in [0.15, 0.2) is 89.5 Å². The standard InChI is InChI=1S/C28H27N5O5/c1-3-33(37)24-18(2)32-38-28(24)31-25(34)20-16-14-19(15-17-20)23(26(35)29-21-10-6-4-7-11-21)27(36)30-22-12-8-5-9-13-22/h4-17,23,37H,3H2,1-2H3,(H,29,35)(H,30,36)(H,31,34). The molecule has 0 radical (unpaired) electrons. The van der Waals surface area contributed by atoms with Crippen LogP contribution in [0.25, 0.3) is 0 Å². The van der Waals surface area contributed by atoms with Crippen molar-refractivity contribution >= 4 is 40.7 Å². The van der Waals surface area contributed by atoms with Crippen LogP contribution in [0.4, 0.5) is 22.9 Å². The Balaban J connectivity index is 1.56. The number of rotatable bonds is 9. The van der Waals surface area contributed by atoms with Gasteiger partial charge < -0.3 is 15.2 Å². The van der Waals surface area contributed by atoms with E-state index in [0.29, 0.717) is 22.6 Å². The second-order valence-corrected chi connectivity index (χ2v) is 8.38. The Morgan fingerprint density at radius 2 is 1.37 bits per heavy atom. The molecule has 0 fully saturated rings. The molecular weight excluding hydrogens is 486 g/mol. The van der Waals surface area contributed by atoms with Gasteiger partial charge in [-0.3, -0.25) is 24.9 Å². The van der Waals surface area contributed by atoms with E-state index in [4.69, 9.17) is 4.52 Å². The van der Waals surface area contributed by atoms with Gasteiger partial charge in [0, 0.05) is 23.5 Å². The molecule has 194 valence electrons. The summed E-state index contributed by atoms with van der Waals surface area (Å²) in [5, 5.41) is 22.9. The van der Waals surface area contributed by atoms with Crippen LogP contribution >= 0.6 is 0 Å². The van der Waals surface area contributed by atoms with Gasteiger partial charge in [-0.05, 0) is 55.8 Å². The maximum Gasteiger partial charge on any atom is 0.258 e. The van der Waals surface area contributed by atoms with Crippen molar-refractivity contribution < 1.29 is 24.1 Å². The van der Waals surface area contributed by atoms with Gasteiger partial charge in [0.2, 0.25) is 11.8 Å². The fraction of sp³-hybridized carbons (Fsp3) is 0.143. The fourth-order valence-electron chi connectivity index (χ4n) is 3.80. The molecule has 10 nitrogen and oxygen atoms in total. The third-order valence-electron chi connectivity index (χ3n) is 5.73. The summed E-state index contributed by atoms with van der Waals surface area (Å²) in [7, 11) is 0. The number of hydroxylamine groups is 1. The van der Waals surface area contributed by atoms with E-state index in [9.17, 15) is 19.6 Å². The first-order chi connectivity index (χ1) is 18.4. The number of aromatic nitrogens is 1. The van der Waals surface area contributed by atoms with Crippen molar-refractivity contribution in [2.24, 2.45) is 0 Å². The summed E-state index contributed by atoms with van der Waals surface area (Å²) in [6.07, 6.45) is 0. The number of anilines is 4. The quantitative estimate of drug-likeness (QED) is 0.186. The van der Waals surface area contributed by atoms with E-state index in [-0.39, 0.29) is 23.7 Å². The van der Waals surface area contributed by atoms with Crippen LogP contribution in [0.3, 0.4) is 0 Å². The molecule has 0 aliphatic heterocycles. The van der Waals surface area contributed by atoms with Gasteiger partial charge in [0.05, 0.1) is 0 Å². The summed E-state index contributed by atoms with van der Waals surface area (Å²) in [4.78, 5) is 39.3. The van der Waals surface area contributed by atoms with E-state index in [1.54, 1.807) is 74.5 Å². The molecular formula is C28H27N5O5. The van der Waals surface area contributed by atoms with Gasteiger partial charge in [-0.2, -0.15) is 0 Å². The maximum atomic E-state index is 13.2. The minimum absolute atomic E-state index is 0.00304. The molecule has 0 aliphatic rings. The molecule has 4 aromatic rings. The van der Waals surface area contributed by atoms with E-state index in [2.05, 4.69) is 21.1 Å². The van der Waals surface area contributed by atoms with Crippen molar-refractivity contribution in [3.8, 4) is 0 Å². The molecule has 38 heavy (non-hydrogen) atoms. The number of nitrogens with one attached hydrogen (secondary N) is 3. The summed E-state index contributed by atoms with van der Waals surface area (Å²) in [6, 6.07) is 23.8. The number of carbonyl (C=O) groups excluding carboxylic acids is 3. The van der Waals surface area contributed by atoms with Crippen molar-refractivity contribution in [2.75, 3.05) is 27.6 Å². The van der Waals surface area contributed by atoms with Gasteiger partial charge in [-0.1, -0.05) is 53.7 Å². The minimum Gasteiger partial charge on any atom is -0.336 e. The molecule has 3 aromatic carbocycles. The summed E-state index contributed by atoms with van der Waals surface area (Å²) in [6.45, 7) is 3.63. The molecule has 0 spiro atoms. The van der Waals surface area contributed by atoms with Gasteiger partial charge in [0.25, 0.3) is 11.8 Å². The van der Waals surface area contributed by atoms with Crippen LogP contribution in [0.2, 0.25) is 0 Å². The Morgan fingerprint density at radius 1 is 0.842 bits per heavy atom. The zero-order chi connectivity index (χ0) is 27.1. The number of hydrogen-bond donors (Lipinski definition) is 4. The molecule has 4 N–H and O–H groups in total. The normalized spacial score (nSPS) is 10.6. The highest BCUT2D eigenvalue weighted by Crippen LogP contribution is 2.29. The number of benzene rings is 3. The molecule has 1 heterocycles. The Kier molecular flexibility index (Phi) is 8.14. The average Bonchev–Trinajstić information content (AvgIpc) is 3.29. The molecule has 0 atom stereocenters. The number of carbonyl (C=O) groups is 3. The number of nitrogens with zero attached hydrogens (tertiary/aromatic N) is 2. The number of aryl methyl sites for hydroxylation is 1. The molecule has 0 aliphatic carbocycles. The molecule has 0 unspecified atom stereocenters. The summed E-state index contributed by atoms with van der Waals surface area (Å²) < 4.78 is 5.16. The molecule has 10 heteroatoms. The van der Waals surface area contributed by atoms with E-state index >= 15 is 0 Å². The smallest absolute Gasteiger partial charge is 0.258 e. The Morgan fingerprint density at radius 3 is 1.87 bits per heavy atom. The highest BCUT2D eigenvalue weighted by atomic mass is 16.5. The lowest BCUT2D eigenvalue weighted by Gasteiger charge is -2.18. The summed E-state index contributed by atoms with van der Waals surface area (Å²) >= 11 is 0. The predicted octanol–water partition coefficient (Wildman–Crippen LogP) is 4.81. The first-order valence-corrected chi connectivity index (χ1v) is 11.9. The lowest BCUT2D eigenvalue weighted by atomic mass is 9.95. The van der Waals surface area contributed by atoms with Gasteiger partial charge in [0.1, 0.15) is 11.6 Å². The highest BCUT2D eigenvalue weighted by Gasteiger charge is 2.29. The van der Waals surface area contributed by atoms with E-state index < -0.39 is 23.6 Å². The van der Waals surface area contributed by atoms with Gasteiger partial charge >= 0.3 is 0 Å². The van der Waals surface area contributed by atoms with Gasteiger partial charge in [-0.25, -0.2) is 5.06 Å². The number of amides is 3. The topological polar surface area (TPSA) is 137 Å². The largest absolute Gasteiger partial charge is 0.336 e. The van der Waals surface area contributed by atoms with Crippen molar-refractivity contribution in [1.29, 1.82) is 0 Å². The monoisotopic (exact) mass is 513 g/mol. The second kappa shape index (κ2) is 11.8. The van der Waals surface area contributed by atoms with E-state index in [1.165, 1.54) is 12.1 Å². The van der Waals surface area contributed by atoms with Crippen LogP contribution < -0.4 is 21.0 Å². The Labute approximate surface area is 219 Å². The SMILES string of the molecule is CCN(O)c1c(C)noc1NC(=O)c1ccc(C(C(=O)Nc2ccccc2)C(=O)Nc2ccccc2)cc1. The van der Waals surface area contributed by atoms with Crippen LogP contribution in [-0.4, -0.2) is 34.6 Å². The molecule has 0 saturated heterocycles. The molecule has 0 bridgehead atoms. The van der Waals surface area contributed by atoms with E-state index in [0.717, 1.165) is 5.06 Å². The first kappa shape index (κ1) is 26.1. The van der Waals surface area contributed by atoms with Crippen LogP contribution in [0.1, 0.15) is 34.5 Å². The molecule has 4 rings (SSSR count). The lowest BCUT2D eigenvalue weighted by Crippen LogP contribution is -2.32. The Hall–Kier alpha value is -4.96. The first-order valence-electron chi connectivity index (χ1n) is 11.9. The number of para-hydroxylation sites is 2. The Bertz CT molecular complexity index is 1350. The number of hydrogen-bond acceptors (Lipinski definition) is 7. The summed E-state index contributed by atoms with van der Waals surface area (Å²) in [5.74, 6) is -2.75. The fourth-order valence-corrected chi connectivity index (χ4v) is 3.80. The third kappa shape index (κ3) is 6.05. The van der Waals surface area contributed by atoms with Crippen molar-refractivity contribution in [3.05, 3.63) is 102 Å². The predicted molar refractivity (Wildman–Crippen MR) is 143 cm³/mol. The molecule has 1 aromatic heterocycles. The van der Waals surface area contributed by atoms with E-state index in [1.807, 2.05) is 12.1 Å². The van der Waals surface area contributed by atoms with Crippen LogP contribution in [0, 0.1) is 6.92 Å². The van der Waals surface area contributed by atoms with Crippen molar-refractivity contribution in [1.82, 2.24) is 5.16 Å². The van der Waals surface area contributed by atoms with Gasteiger partial charge in [-0.15, -0.1) is 0 Å². The third-order valence-corrected chi connectivity index (χ3v) is 5.73. The van der Waals surface area contributed by atoms with Crippen LogP contribution in [0.5, 0.6) is 0 Å². The maximum absolute atomic E-state index is 13.2. The van der Waals surface area contributed by atoms with Crippen molar-refractivity contribution in [2.45, 2.75) is 19.8 Å². The van der Waals surface area contributed by atoms with Gasteiger partial charge in [0.15, 0.2) is 5.69 Å². The zero-order valence-electron chi connectivity index (χ0n) is 20.8. The second-order valence-electron chi connectivity index (χ2n) is 8.38. The van der Waals surface area contributed by atoms with Crippen LogP contribution in [-0.2, 0) is 9.59 Å². The summed E-state index contributed by atoms with van der Waals surface area (Å²) in [5.41, 5.74) is 2.42.